The Morgan fingerprint density at radius 1 is 1.21 bits per heavy atom. The second-order valence-electron chi connectivity index (χ2n) is 3.03. The highest BCUT2D eigenvalue weighted by Crippen LogP contribution is 1.97. The predicted molar refractivity (Wildman–Crippen MR) is 58.6 cm³/mol. The Bertz CT molecular complexity index is 293. The normalized spacial score (nSPS) is 12.4. The maximum atomic E-state index is 10.4. The number of hydrogen-bond donors (Lipinski definition) is 0. The van der Waals surface area contributed by atoms with Crippen LogP contribution in [0.3, 0.4) is 0 Å². The van der Waals surface area contributed by atoms with Crippen molar-refractivity contribution in [1.29, 1.82) is 0 Å². The van der Waals surface area contributed by atoms with Gasteiger partial charge in [-0.05, 0) is 25.5 Å². The molecule has 0 aliphatic rings. The Balaban J connectivity index is 4.06. The average Bonchev–Trinajstić information content (AvgIpc) is 2.02. The molecule has 0 aromatic rings. The summed E-state index contributed by atoms with van der Waals surface area (Å²) in [6, 6.07) is 0. The summed E-state index contributed by atoms with van der Waals surface area (Å²) in [6.07, 6.45) is 8.82. The molecule has 0 heterocycles. The van der Waals surface area contributed by atoms with Crippen LogP contribution in [0.15, 0.2) is 48.3 Å². The van der Waals surface area contributed by atoms with Gasteiger partial charge >= 0.3 is 5.97 Å². The quantitative estimate of drug-likeness (QED) is 0.388. The van der Waals surface area contributed by atoms with Crippen molar-refractivity contribution in [1.82, 2.24) is 0 Å². The molecular formula is C12H16O2. The third-order valence-electron chi connectivity index (χ3n) is 1.30. The number of ether oxygens (including phenoxy) is 1. The van der Waals surface area contributed by atoms with Gasteiger partial charge in [0.15, 0.2) is 0 Å². The van der Waals surface area contributed by atoms with Crippen LogP contribution in [0.1, 0.15) is 20.8 Å². The second-order valence-corrected chi connectivity index (χ2v) is 3.03. The highest BCUT2D eigenvalue weighted by atomic mass is 16.5. The summed E-state index contributed by atoms with van der Waals surface area (Å²) in [5.74, 6) is -0.313. The van der Waals surface area contributed by atoms with Crippen molar-refractivity contribution < 1.29 is 9.53 Å². The van der Waals surface area contributed by atoms with Crippen LogP contribution in [-0.4, -0.2) is 5.97 Å². The summed E-state index contributed by atoms with van der Waals surface area (Å²) in [4.78, 5) is 10.4. The molecule has 0 atom stereocenters. The van der Waals surface area contributed by atoms with Crippen LogP contribution >= 0.6 is 0 Å². The zero-order valence-electron chi connectivity index (χ0n) is 8.91. The summed E-state index contributed by atoms with van der Waals surface area (Å²) in [5.41, 5.74) is 2.00. The summed E-state index contributed by atoms with van der Waals surface area (Å²) >= 11 is 0. The van der Waals surface area contributed by atoms with Crippen molar-refractivity contribution >= 4 is 5.97 Å². The van der Waals surface area contributed by atoms with Crippen molar-refractivity contribution in [2.24, 2.45) is 0 Å². The molecule has 2 nitrogen and oxygen atoms in total. The molecule has 0 aliphatic heterocycles. The first-order valence-electron chi connectivity index (χ1n) is 4.36. The second kappa shape index (κ2) is 6.89. The van der Waals surface area contributed by atoms with Gasteiger partial charge in [-0.3, -0.25) is 4.79 Å². The van der Waals surface area contributed by atoms with E-state index in [1.165, 1.54) is 13.2 Å². The fourth-order valence-electron chi connectivity index (χ4n) is 0.657. The number of esters is 1. The molecule has 14 heavy (non-hydrogen) atoms. The highest BCUT2D eigenvalue weighted by Gasteiger charge is 1.84. The van der Waals surface area contributed by atoms with Gasteiger partial charge in [0, 0.05) is 6.92 Å². The minimum absolute atomic E-state index is 0.313. The van der Waals surface area contributed by atoms with Gasteiger partial charge < -0.3 is 4.74 Å². The van der Waals surface area contributed by atoms with Crippen LogP contribution in [0.2, 0.25) is 0 Å². The lowest BCUT2D eigenvalue weighted by Gasteiger charge is -1.91. The molecule has 0 aromatic carbocycles. The molecule has 0 unspecified atom stereocenters. The molecule has 0 fully saturated rings. The van der Waals surface area contributed by atoms with Gasteiger partial charge in [0.05, 0.1) is 6.26 Å². The number of carbonyl (C=O) groups is 1. The minimum Gasteiger partial charge on any atom is -0.435 e. The van der Waals surface area contributed by atoms with E-state index >= 15 is 0 Å². The molecule has 76 valence electrons. The lowest BCUT2D eigenvalue weighted by atomic mass is 10.2. The van der Waals surface area contributed by atoms with E-state index in [-0.39, 0.29) is 5.97 Å². The molecule has 0 saturated carbocycles. The van der Waals surface area contributed by atoms with Crippen molar-refractivity contribution in [2.45, 2.75) is 20.8 Å². The topological polar surface area (TPSA) is 26.3 Å². The van der Waals surface area contributed by atoms with Gasteiger partial charge in [0.25, 0.3) is 0 Å². The molecule has 0 N–H and O–H groups in total. The number of allylic oxidation sites excluding steroid dienone is 6. The molecular weight excluding hydrogens is 176 g/mol. The van der Waals surface area contributed by atoms with Crippen LogP contribution in [-0.2, 0) is 9.53 Å². The van der Waals surface area contributed by atoms with Crippen LogP contribution in [0.25, 0.3) is 0 Å². The predicted octanol–water partition coefficient (Wildman–Crippen LogP) is 3.14. The maximum absolute atomic E-state index is 10.4. The van der Waals surface area contributed by atoms with Crippen LogP contribution in [0.5, 0.6) is 0 Å². The van der Waals surface area contributed by atoms with Gasteiger partial charge in [-0.15, -0.1) is 0 Å². The first kappa shape index (κ1) is 12.4. The largest absolute Gasteiger partial charge is 0.435 e. The summed E-state index contributed by atoms with van der Waals surface area (Å²) in [6.45, 7) is 8.94. The minimum atomic E-state index is -0.313. The molecule has 0 saturated heterocycles. The number of hydrogen-bond acceptors (Lipinski definition) is 2. The van der Waals surface area contributed by atoms with Crippen molar-refractivity contribution in [3.05, 3.63) is 48.3 Å². The van der Waals surface area contributed by atoms with Crippen molar-refractivity contribution in [3.8, 4) is 0 Å². The Labute approximate surface area is 85.3 Å². The van der Waals surface area contributed by atoms with E-state index < -0.39 is 0 Å². The SMILES string of the molecule is C=C(C)/C=C/C=C(C)/C=C/OC(C)=O. The Morgan fingerprint density at radius 2 is 1.86 bits per heavy atom. The van der Waals surface area contributed by atoms with Crippen molar-refractivity contribution in [3.63, 3.8) is 0 Å². The van der Waals surface area contributed by atoms with Crippen molar-refractivity contribution in [2.75, 3.05) is 0 Å². The van der Waals surface area contributed by atoms with Gasteiger partial charge in [0.1, 0.15) is 0 Å². The van der Waals surface area contributed by atoms with Gasteiger partial charge in [-0.25, -0.2) is 0 Å². The smallest absolute Gasteiger partial charge is 0.307 e. The Morgan fingerprint density at radius 3 is 2.36 bits per heavy atom. The summed E-state index contributed by atoms with van der Waals surface area (Å²) in [7, 11) is 0. The standard InChI is InChI=1S/C12H16O2/c1-10(2)6-5-7-11(3)8-9-14-12(4)13/h5-9H,1H2,2-4H3/b6-5+,9-8+,11-7+. The zero-order chi connectivity index (χ0) is 11.0. The first-order valence-corrected chi connectivity index (χ1v) is 4.36. The van der Waals surface area contributed by atoms with E-state index in [2.05, 4.69) is 11.3 Å². The average molecular weight is 192 g/mol. The third-order valence-corrected chi connectivity index (χ3v) is 1.30. The fraction of sp³-hybridized carbons (Fsp3) is 0.250. The zero-order valence-corrected chi connectivity index (χ0v) is 8.91. The first-order chi connectivity index (χ1) is 6.52. The summed E-state index contributed by atoms with van der Waals surface area (Å²) < 4.78 is 4.64. The van der Waals surface area contributed by atoms with Gasteiger partial charge in [-0.1, -0.05) is 30.4 Å². The number of rotatable bonds is 4. The number of carbonyl (C=O) groups excluding carboxylic acids is 1. The Hall–Kier alpha value is -1.57. The molecule has 0 amide bonds. The highest BCUT2D eigenvalue weighted by molar-refractivity contribution is 5.66. The summed E-state index contributed by atoms with van der Waals surface area (Å²) in [5, 5.41) is 0. The molecule has 2 heteroatoms. The molecule has 0 aromatic heterocycles. The van der Waals surface area contributed by atoms with E-state index in [0.717, 1.165) is 11.1 Å². The van der Waals surface area contributed by atoms with Crippen LogP contribution in [0, 0.1) is 0 Å². The van der Waals surface area contributed by atoms with Crippen LogP contribution < -0.4 is 0 Å². The van der Waals surface area contributed by atoms with E-state index in [1.54, 1.807) is 6.08 Å². The van der Waals surface area contributed by atoms with Gasteiger partial charge in [-0.2, -0.15) is 0 Å². The Kier molecular flexibility index (Phi) is 6.12. The lowest BCUT2D eigenvalue weighted by Crippen LogP contribution is -1.89. The van der Waals surface area contributed by atoms with Crippen LogP contribution in [0.4, 0.5) is 0 Å². The fourth-order valence-corrected chi connectivity index (χ4v) is 0.657. The lowest BCUT2D eigenvalue weighted by molar-refractivity contribution is -0.135. The third kappa shape index (κ3) is 8.53. The molecule has 0 aliphatic carbocycles. The van der Waals surface area contributed by atoms with E-state index in [9.17, 15) is 4.79 Å². The van der Waals surface area contributed by atoms with E-state index in [1.807, 2.05) is 32.1 Å². The monoisotopic (exact) mass is 192 g/mol. The van der Waals surface area contributed by atoms with E-state index in [0.29, 0.717) is 0 Å². The molecule has 0 bridgehead atoms. The van der Waals surface area contributed by atoms with E-state index in [4.69, 9.17) is 0 Å². The van der Waals surface area contributed by atoms with Gasteiger partial charge in [0.2, 0.25) is 0 Å². The maximum Gasteiger partial charge on any atom is 0.307 e. The molecule has 0 radical (unpaired) electrons. The molecule has 0 spiro atoms. The molecule has 0 rings (SSSR count).